The summed E-state index contributed by atoms with van der Waals surface area (Å²) in [6.45, 7) is 2.01. The van der Waals surface area contributed by atoms with Gasteiger partial charge in [-0.2, -0.15) is 4.37 Å². The fraction of sp³-hybridized carbons (Fsp3) is 0.182. The van der Waals surface area contributed by atoms with Crippen LogP contribution in [0.2, 0.25) is 5.02 Å². The van der Waals surface area contributed by atoms with Gasteiger partial charge in [0.1, 0.15) is 21.7 Å². The summed E-state index contributed by atoms with van der Waals surface area (Å²) in [5.74, 6) is 0.362. The van der Waals surface area contributed by atoms with Crippen molar-refractivity contribution in [1.82, 2.24) is 13.9 Å². The lowest BCUT2D eigenvalue weighted by molar-refractivity contribution is -0.113. The number of aromatic nitrogens is 3. The van der Waals surface area contributed by atoms with Gasteiger partial charge in [0.2, 0.25) is 5.91 Å². The molecular formula is C22H19ClN4O3S2. The first-order chi connectivity index (χ1) is 15.4. The quantitative estimate of drug-likeness (QED) is 0.312. The van der Waals surface area contributed by atoms with Crippen LogP contribution in [0.15, 0.2) is 52.4 Å². The number of anilines is 1. The van der Waals surface area contributed by atoms with Crippen molar-refractivity contribution in [3.05, 3.63) is 63.4 Å². The van der Waals surface area contributed by atoms with Crippen LogP contribution in [0.25, 0.3) is 21.5 Å². The molecule has 1 N–H and O–H groups in total. The average Bonchev–Trinajstić information content (AvgIpc) is 3.20. The van der Waals surface area contributed by atoms with Crippen LogP contribution in [0.1, 0.15) is 5.56 Å². The zero-order valence-corrected chi connectivity index (χ0v) is 19.9. The minimum Gasteiger partial charge on any atom is -0.495 e. The first kappa shape index (κ1) is 22.3. The highest BCUT2D eigenvalue weighted by Gasteiger charge is 2.18. The molecule has 10 heteroatoms. The summed E-state index contributed by atoms with van der Waals surface area (Å²) in [5, 5.41) is 3.64. The molecule has 0 unspecified atom stereocenters. The van der Waals surface area contributed by atoms with Crippen LogP contribution in [-0.2, 0) is 11.8 Å². The van der Waals surface area contributed by atoms with Gasteiger partial charge in [-0.15, -0.1) is 0 Å². The molecule has 0 atom stereocenters. The van der Waals surface area contributed by atoms with Gasteiger partial charge in [-0.05, 0) is 36.7 Å². The van der Waals surface area contributed by atoms with Gasteiger partial charge < -0.3 is 10.1 Å². The van der Waals surface area contributed by atoms with E-state index in [-0.39, 0.29) is 17.2 Å². The Morgan fingerprint density at radius 1 is 1.25 bits per heavy atom. The molecule has 7 nitrogen and oxygen atoms in total. The second kappa shape index (κ2) is 9.32. The lowest BCUT2D eigenvalue weighted by Crippen LogP contribution is -2.20. The van der Waals surface area contributed by atoms with Gasteiger partial charge in [0.15, 0.2) is 5.16 Å². The molecule has 32 heavy (non-hydrogen) atoms. The van der Waals surface area contributed by atoms with E-state index in [0.29, 0.717) is 37.5 Å². The monoisotopic (exact) mass is 486 g/mol. The van der Waals surface area contributed by atoms with Crippen LogP contribution in [0.5, 0.6) is 5.75 Å². The first-order valence-corrected chi connectivity index (χ1v) is 11.7. The summed E-state index contributed by atoms with van der Waals surface area (Å²) in [6, 6.07) is 12.9. The van der Waals surface area contributed by atoms with Crippen LogP contribution in [0.4, 0.5) is 5.69 Å². The van der Waals surface area contributed by atoms with E-state index in [2.05, 4.69) is 14.7 Å². The minimum atomic E-state index is -0.243. The predicted molar refractivity (Wildman–Crippen MR) is 130 cm³/mol. The van der Waals surface area contributed by atoms with Crippen molar-refractivity contribution in [3.63, 3.8) is 0 Å². The van der Waals surface area contributed by atoms with E-state index in [1.54, 1.807) is 25.2 Å². The molecule has 0 fully saturated rings. The topological polar surface area (TPSA) is 86.1 Å². The van der Waals surface area contributed by atoms with Crippen molar-refractivity contribution >= 4 is 56.7 Å². The third-order valence-corrected chi connectivity index (χ3v) is 6.90. The first-order valence-electron chi connectivity index (χ1n) is 9.57. The van der Waals surface area contributed by atoms with E-state index in [0.717, 1.165) is 22.7 Å². The summed E-state index contributed by atoms with van der Waals surface area (Å²) < 4.78 is 11.5. The van der Waals surface area contributed by atoms with Crippen molar-refractivity contribution in [2.24, 2.45) is 7.05 Å². The number of nitrogens with zero attached hydrogens (tertiary/aromatic N) is 3. The Labute approximate surface area is 197 Å². The normalized spacial score (nSPS) is 11.0. The highest BCUT2D eigenvalue weighted by atomic mass is 35.5. The average molecular weight is 487 g/mol. The van der Waals surface area contributed by atoms with Gasteiger partial charge in [-0.1, -0.05) is 53.2 Å². The molecule has 2 aromatic carbocycles. The molecule has 0 radical (unpaired) electrons. The summed E-state index contributed by atoms with van der Waals surface area (Å²) in [4.78, 5) is 30.0. The number of fused-ring (bicyclic) bond motifs is 1. The van der Waals surface area contributed by atoms with Crippen molar-refractivity contribution in [1.29, 1.82) is 0 Å². The van der Waals surface area contributed by atoms with Gasteiger partial charge in [0, 0.05) is 18.3 Å². The van der Waals surface area contributed by atoms with E-state index in [1.807, 2.05) is 31.2 Å². The molecule has 1 amide bonds. The lowest BCUT2D eigenvalue weighted by atomic mass is 10.1. The van der Waals surface area contributed by atoms with Crippen molar-refractivity contribution in [2.45, 2.75) is 12.1 Å². The van der Waals surface area contributed by atoms with E-state index < -0.39 is 0 Å². The summed E-state index contributed by atoms with van der Waals surface area (Å²) >= 11 is 8.43. The number of rotatable bonds is 6. The Hall–Kier alpha value is -2.88. The summed E-state index contributed by atoms with van der Waals surface area (Å²) in [5.41, 5.74) is 3.62. The fourth-order valence-electron chi connectivity index (χ4n) is 3.04. The standard InChI is InChI=1S/C22H19ClN4O3S2/c1-12-4-6-13(7-5-12)18-19-20(32-26-18)21(29)27(2)22(25-19)31-11-17(28)24-14-8-9-16(30-3)15(23)10-14/h4-10H,11H2,1-3H3,(H,24,28). The van der Waals surface area contributed by atoms with Crippen LogP contribution in [-0.4, -0.2) is 32.7 Å². The van der Waals surface area contributed by atoms with E-state index in [1.165, 1.54) is 23.4 Å². The number of halogens is 1. The predicted octanol–water partition coefficient (Wildman–Crippen LogP) is 4.76. The summed E-state index contributed by atoms with van der Waals surface area (Å²) in [6.07, 6.45) is 0. The number of carbonyl (C=O) groups is 1. The number of hydrogen-bond donors (Lipinski definition) is 1. The number of aryl methyl sites for hydroxylation is 1. The zero-order valence-electron chi connectivity index (χ0n) is 17.5. The smallest absolute Gasteiger partial charge is 0.273 e. The Bertz CT molecular complexity index is 1370. The number of nitrogens with one attached hydrogen (secondary N) is 1. The van der Waals surface area contributed by atoms with E-state index >= 15 is 0 Å². The molecule has 0 spiro atoms. The number of hydrogen-bond acceptors (Lipinski definition) is 7. The molecule has 2 heterocycles. The molecule has 4 rings (SSSR count). The molecule has 2 aromatic heterocycles. The Balaban J connectivity index is 1.56. The highest BCUT2D eigenvalue weighted by Crippen LogP contribution is 2.30. The van der Waals surface area contributed by atoms with Crippen molar-refractivity contribution < 1.29 is 9.53 Å². The third-order valence-electron chi connectivity index (χ3n) is 4.75. The molecule has 0 saturated carbocycles. The maximum atomic E-state index is 12.8. The lowest BCUT2D eigenvalue weighted by Gasteiger charge is -2.09. The molecule has 4 aromatic rings. The van der Waals surface area contributed by atoms with Crippen LogP contribution < -0.4 is 15.6 Å². The summed E-state index contributed by atoms with van der Waals surface area (Å²) in [7, 11) is 3.17. The Morgan fingerprint density at radius 3 is 2.69 bits per heavy atom. The van der Waals surface area contributed by atoms with Crippen LogP contribution >= 0.6 is 34.9 Å². The Kier molecular flexibility index (Phi) is 6.50. The number of thioether (sulfide) groups is 1. The Morgan fingerprint density at radius 2 is 2.00 bits per heavy atom. The molecule has 0 aliphatic rings. The highest BCUT2D eigenvalue weighted by molar-refractivity contribution is 7.99. The number of carbonyl (C=O) groups excluding carboxylic acids is 1. The van der Waals surface area contributed by atoms with Gasteiger partial charge in [-0.25, -0.2) is 4.98 Å². The van der Waals surface area contributed by atoms with Crippen molar-refractivity contribution in [3.8, 4) is 17.0 Å². The van der Waals surface area contributed by atoms with Crippen LogP contribution in [0, 0.1) is 6.92 Å². The maximum absolute atomic E-state index is 12.8. The van der Waals surface area contributed by atoms with Gasteiger partial charge in [0.05, 0.1) is 17.9 Å². The third kappa shape index (κ3) is 4.50. The maximum Gasteiger partial charge on any atom is 0.273 e. The molecule has 0 bridgehead atoms. The largest absolute Gasteiger partial charge is 0.495 e. The number of methoxy groups -OCH3 is 1. The molecule has 0 aliphatic carbocycles. The van der Waals surface area contributed by atoms with Gasteiger partial charge >= 0.3 is 0 Å². The number of amides is 1. The van der Waals surface area contributed by atoms with Crippen molar-refractivity contribution in [2.75, 3.05) is 18.2 Å². The van der Waals surface area contributed by atoms with Crippen LogP contribution in [0.3, 0.4) is 0 Å². The fourth-order valence-corrected chi connectivity index (χ4v) is 4.88. The number of benzene rings is 2. The van der Waals surface area contributed by atoms with E-state index in [9.17, 15) is 9.59 Å². The van der Waals surface area contributed by atoms with E-state index in [4.69, 9.17) is 16.3 Å². The molecule has 0 aliphatic heterocycles. The second-order valence-corrected chi connectivity index (χ2v) is 9.14. The molecule has 0 saturated heterocycles. The zero-order chi connectivity index (χ0) is 22.8. The minimum absolute atomic E-state index is 0.0763. The molecule has 164 valence electrons. The SMILES string of the molecule is COc1ccc(NC(=O)CSc2nc3c(-c4ccc(C)cc4)nsc3c(=O)n2C)cc1Cl. The number of ether oxygens (including phenoxy) is 1. The molecular weight excluding hydrogens is 468 g/mol. The van der Waals surface area contributed by atoms with Gasteiger partial charge in [-0.3, -0.25) is 14.2 Å². The second-order valence-electron chi connectivity index (χ2n) is 7.02. The van der Waals surface area contributed by atoms with Gasteiger partial charge in [0.25, 0.3) is 5.56 Å².